The lowest BCUT2D eigenvalue weighted by Crippen LogP contribution is -2.38. The first-order valence-corrected chi connectivity index (χ1v) is 8.17. The van der Waals surface area contributed by atoms with Gasteiger partial charge in [-0.15, -0.1) is 0 Å². The molecule has 3 rings (SSSR count). The zero-order valence-electron chi connectivity index (χ0n) is 13.4. The van der Waals surface area contributed by atoms with Gasteiger partial charge in [-0.1, -0.05) is 6.07 Å². The van der Waals surface area contributed by atoms with Crippen LogP contribution in [0.1, 0.15) is 61.4 Å². The van der Waals surface area contributed by atoms with Crippen LogP contribution in [-0.2, 0) is 4.79 Å². The van der Waals surface area contributed by atoms with E-state index in [-0.39, 0.29) is 11.8 Å². The van der Waals surface area contributed by atoms with E-state index in [9.17, 15) is 9.59 Å². The number of anilines is 1. The summed E-state index contributed by atoms with van der Waals surface area (Å²) in [6, 6.07) is 5.75. The zero-order chi connectivity index (χ0) is 15.7. The Morgan fingerprint density at radius 1 is 1.14 bits per heavy atom. The summed E-state index contributed by atoms with van der Waals surface area (Å²) in [6.45, 7) is 3.39. The summed E-state index contributed by atoms with van der Waals surface area (Å²) in [5.41, 5.74) is 2.92. The second-order valence-corrected chi connectivity index (χ2v) is 6.96. The van der Waals surface area contributed by atoms with Crippen molar-refractivity contribution < 1.29 is 9.59 Å². The molecule has 2 amide bonds. The fraction of sp³-hybridized carbons (Fsp3) is 0.556. The van der Waals surface area contributed by atoms with Gasteiger partial charge in [-0.2, -0.15) is 0 Å². The molecule has 2 aliphatic carbocycles. The molecule has 0 aromatic heterocycles. The summed E-state index contributed by atoms with van der Waals surface area (Å²) < 4.78 is 0. The van der Waals surface area contributed by atoms with E-state index in [0.29, 0.717) is 22.7 Å². The summed E-state index contributed by atoms with van der Waals surface area (Å²) in [4.78, 5) is 23.6. The standard InChI is InChI=1S/C18H24N2O2/c1-12-3-4-14(11-16(12)19-13(2)21)17(22)20-15-5-7-18(8-6-15)9-10-18/h3-4,11,15H,5-10H2,1-2H3,(H,19,21)(H,20,22). The van der Waals surface area contributed by atoms with E-state index in [1.165, 1.54) is 32.6 Å². The van der Waals surface area contributed by atoms with Crippen LogP contribution in [-0.4, -0.2) is 17.9 Å². The third-order valence-corrected chi connectivity index (χ3v) is 5.15. The smallest absolute Gasteiger partial charge is 0.251 e. The van der Waals surface area contributed by atoms with Crippen molar-refractivity contribution in [3.8, 4) is 0 Å². The fourth-order valence-electron chi connectivity index (χ4n) is 3.41. The third-order valence-electron chi connectivity index (χ3n) is 5.15. The maximum absolute atomic E-state index is 12.4. The molecule has 4 heteroatoms. The molecule has 0 aliphatic heterocycles. The average molecular weight is 300 g/mol. The Labute approximate surface area is 131 Å². The van der Waals surface area contributed by atoms with Crippen LogP contribution in [0.4, 0.5) is 5.69 Å². The lowest BCUT2D eigenvalue weighted by Gasteiger charge is -2.29. The molecule has 2 fully saturated rings. The highest BCUT2D eigenvalue weighted by Gasteiger charge is 2.44. The van der Waals surface area contributed by atoms with Crippen LogP contribution in [0.15, 0.2) is 18.2 Å². The van der Waals surface area contributed by atoms with Crippen LogP contribution < -0.4 is 10.6 Å². The highest BCUT2D eigenvalue weighted by atomic mass is 16.2. The minimum absolute atomic E-state index is 0.0386. The van der Waals surface area contributed by atoms with Crippen molar-refractivity contribution >= 4 is 17.5 Å². The van der Waals surface area contributed by atoms with Gasteiger partial charge in [0.15, 0.2) is 0 Å². The van der Waals surface area contributed by atoms with Crippen molar-refractivity contribution in [1.82, 2.24) is 5.32 Å². The lowest BCUT2D eigenvalue weighted by atomic mass is 9.83. The number of carbonyl (C=O) groups excluding carboxylic acids is 2. The number of benzene rings is 1. The van der Waals surface area contributed by atoms with E-state index < -0.39 is 0 Å². The minimum atomic E-state index is -0.123. The summed E-state index contributed by atoms with van der Waals surface area (Å²) in [5.74, 6) is -0.161. The first kappa shape index (κ1) is 15.1. The zero-order valence-corrected chi connectivity index (χ0v) is 13.4. The van der Waals surface area contributed by atoms with Gasteiger partial charge >= 0.3 is 0 Å². The predicted octanol–water partition coefficient (Wildman–Crippen LogP) is 3.41. The third kappa shape index (κ3) is 3.32. The Morgan fingerprint density at radius 3 is 2.41 bits per heavy atom. The van der Waals surface area contributed by atoms with Crippen molar-refractivity contribution in [3.63, 3.8) is 0 Å². The van der Waals surface area contributed by atoms with Gasteiger partial charge in [0.2, 0.25) is 5.91 Å². The normalized spacial score (nSPS) is 19.7. The van der Waals surface area contributed by atoms with Crippen molar-refractivity contribution in [2.45, 2.75) is 58.4 Å². The average Bonchev–Trinajstić information content (AvgIpc) is 3.23. The van der Waals surface area contributed by atoms with Crippen LogP contribution in [0.25, 0.3) is 0 Å². The van der Waals surface area contributed by atoms with Crippen LogP contribution in [0, 0.1) is 12.3 Å². The summed E-state index contributed by atoms with van der Waals surface area (Å²) >= 11 is 0. The number of hydrogen-bond acceptors (Lipinski definition) is 2. The molecular weight excluding hydrogens is 276 g/mol. The second-order valence-electron chi connectivity index (χ2n) is 6.96. The number of hydrogen-bond donors (Lipinski definition) is 2. The maximum atomic E-state index is 12.4. The molecule has 0 atom stereocenters. The van der Waals surface area contributed by atoms with Gasteiger partial charge in [-0.05, 0) is 68.6 Å². The summed E-state index contributed by atoms with van der Waals surface area (Å²) in [7, 11) is 0. The number of aryl methyl sites for hydroxylation is 1. The van der Waals surface area contributed by atoms with Crippen LogP contribution in [0.2, 0.25) is 0 Å². The van der Waals surface area contributed by atoms with Gasteiger partial charge in [0, 0.05) is 24.2 Å². The monoisotopic (exact) mass is 300 g/mol. The molecule has 4 nitrogen and oxygen atoms in total. The molecule has 1 aromatic carbocycles. The molecule has 118 valence electrons. The lowest BCUT2D eigenvalue weighted by molar-refractivity contribution is -0.114. The molecule has 1 aromatic rings. The quantitative estimate of drug-likeness (QED) is 0.898. The SMILES string of the molecule is CC(=O)Nc1cc(C(=O)NC2CCC3(CC2)CC3)ccc1C. The molecule has 2 saturated carbocycles. The molecule has 2 N–H and O–H groups in total. The van der Waals surface area contributed by atoms with Gasteiger partial charge in [0.25, 0.3) is 5.91 Å². The van der Waals surface area contributed by atoms with E-state index in [0.717, 1.165) is 18.4 Å². The molecular formula is C18H24N2O2. The highest BCUT2D eigenvalue weighted by Crippen LogP contribution is 2.56. The van der Waals surface area contributed by atoms with E-state index in [2.05, 4.69) is 10.6 Å². The number of carbonyl (C=O) groups is 2. The van der Waals surface area contributed by atoms with Gasteiger partial charge in [0.1, 0.15) is 0 Å². The molecule has 0 bridgehead atoms. The van der Waals surface area contributed by atoms with E-state index in [4.69, 9.17) is 0 Å². The van der Waals surface area contributed by atoms with Crippen LogP contribution >= 0.6 is 0 Å². The molecule has 0 unspecified atom stereocenters. The molecule has 22 heavy (non-hydrogen) atoms. The van der Waals surface area contributed by atoms with E-state index in [1.54, 1.807) is 6.07 Å². The predicted molar refractivity (Wildman–Crippen MR) is 86.9 cm³/mol. The minimum Gasteiger partial charge on any atom is -0.349 e. The van der Waals surface area contributed by atoms with Crippen LogP contribution in [0.5, 0.6) is 0 Å². The molecule has 1 spiro atoms. The van der Waals surface area contributed by atoms with Gasteiger partial charge in [0.05, 0.1) is 0 Å². The Bertz CT molecular complexity index is 595. The number of nitrogens with one attached hydrogen (secondary N) is 2. The Balaban J connectivity index is 1.63. The molecule has 0 radical (unpaired) electrons. The van der Waals surface area contributed by atoms with E-state index >= 15 is 0 Å². The Hall–Kier alpha value is -1.84. The van der Waals surface area contributed by atoms with Crippen molar-refractivity contribution in [2.75, 3.05) is 5.32 Å². The van der Waals surface area contributed by atoms with Crippen LogP contribution in [0.3, 0.4) is 0 Å². The maximum Gasteiger partial charge on any atom is 0.251 e. The first-order chi connectivity index (χ1) is 10.5. The van der Waals surface area contributed by atoms with Crippen molar-refractivity contribution in [1.29, 1.82) is 0 Å². The topological polar surface area (TPSA) is 58.2 Å². The second kappa shape index (κ2) is 5.75. The van der Waals surface area contributed by atoms with Crippen molar-refractivity contribution in [2.24, 2.45) is 5.41 Å². The summed E-state index contributed by atoms with van der Waals surface area (Å²) in [6.07, 6.45) is 7.45. The molecule has 2 aliphatic rings. The summed E-state index contributed by atoms with van der Waals surface area (Å²) in [5, 5.41) is 5.92. The number of amides is 2. The van der Waals surface area contributed by atoms with Gasteiger partial charge < -0.3 is 10.6 Å². The molecule has 0 heterocycles. The highest BCUT2D eigenvalue weighted by molar-refractivity contribution is 5.97. The fourth-order valence-corrected chi connectivity index (χ4v) is 3.41. The van der Waals surface area contributed by atoms with Crippen molar-refractivity contribution in [3.05, 3.63) is 29.3 Å². The van der Waals surface area contributed by atoms with Gasteiger partial charge in [-0.3, -0.25) is 9.59 Å². The molecule has 0 saturated heterocycles. The van der Waals surface area contributed by atoms with E-state index in [1.807, 2.05) is 19.1 Å². The number of rotatable bonds is 3. The Morgan fingerprint density at radius 2 is 1.82 bits per heavy atom. The Kier molecular flexibility index (Phi) is 3.94. The largest absolute Gasteiger partial charge is 0.349 e. The van der Waals surface area contributed by atoms with Gasteiger partial charge in [-0.25, -0.2) is 0 Å². The first-order valence-electron chi connectivity index (χ1n) is 8.17.